The van der Waals surface area contributed by atoms with Crippen LogP contribution >= 0.6 is 0 Å². The van der Waals surface area contributed by atoms with Gasteiger partial charge in [-0.15, -0.1) is 0 Å². The van der Waals surface area contributed by atoms with Crippen LogP contribution in [0.3, 0.4) is 0 Å². The molecular weight excluding hydrogens is 270 g/mol. The Balaban J connectivity index is 1.87. The van der Waals surface area contributed by atoms with Crippen LogP contribution in [0.25, 0.3) is 10.9 Å². The molecular formula is C15H13N3O3. The minimum atomic E-state index is -0.606. The molecule has 0 fully saturated rings. The molecule has 0 aliphatic heterocycles. The highest BCUT2D eigenvalue weighted by Crippen LogP contribution is 2.21. The van der Waals surface area contributed by atoms with Crippen LogP contribution in [0.15, 0.2) is 41.1 Å². The first-order chi connectivity index (χ1) is 10.1. The summed E-state index contributed by atoms with van der Waals surface area (Å²) in [6.07, 6.45) is 1.08. The molecule has 6 nitrogen and oxygen atoms in total. The van der Waals surface area contributed by atoms with E-state index in [1.807, 2.05) is 12.1 Å². The molecule has 3 rings (SSSR count). The average molecular weight is 283 g/mol. The van der Waals surface area contributed by atoms with Gasteiger partial charge in [0.25, 0.3) is 5.89 Å². The van der Waals surface area contributed by atoms with E-state index in [0.717, 1.165) is 10.9 Å². The van der Waals surface area contributed by atoms with Crippen molar-refractivity contribution in [3.63, 3.8) is 0 Å². The molecule has 106 valence electrons. The molecule has 0 saturated heterocycles. The molecule has 0 spiro atoms. The SMILES string of the molecule is Cc1noc(C(C)OC(=O)c2cccc3ncccc23)n1. The predicted molar refractivity (Wildman–Crippen MR) is 74.6 cm³/mol. The summed E-state index contributed by atoms with van der Waals surface area (Å²) in [6, 6.07) is 8.94. The van der Waals surface area contributed by atoms with E-state index in [-0.39, 0.29) is 5.89 Å². The van der Waals surface area contributed by atoms with Gasteiger partial charge in [0.1, 0.15) is 0 Å². The number of hydrogen-bond acceptors (Lipinski definition) is 6. The second-order valence-electron chi connectivity index (χ2n) is 4.60. The fourth-order valence-corrected chi connectivity index (χ4v) is 2.03. The van der Waals surface area contributed by atoms with Crippen LogP contribution < -0.4 is 0 Å². The van der Waals surface area contributed by atoms with E-state index in [1.54, 1.807) is 38.2 Å². The minimum absolute atomic E-state index is 0.277. The molecule has 6 heteroatoms. The quantitative estimate of drug-likeness (QED) is 0.688. The van der Waals surface area contributed by atoms with Crippen LogP contribution in [0.5, 0.6) is 0 Å². The highest BCUT2D eigenvalue weighted by molar-refractivity contribution is 6.03. The Morgan fingerprint density at radius 2 is 2.14 bits per heavy atom. The Kier molecular flexibility index (Phi) is 3.35. The third kappa shape index (κ3) is 2.60. The van der Waals surface area contributed by atoms with Crippen LogP contribution in [0, 0.1) is 6.92 Å². The highest BCUT2D eigenvalue weighted by Gasteiger charge is 2.20. The molecule has 0 radical (unpaired) electrons. The third-order valence-electron chi connectivity index (χ3n) is 3.04. The summed E-state index contributed by atoms with van der Waals surface area (Å²) < 4.78 is 10.4. The highest BCUT2D eigenvalue weighted by atomic mass is 16.6. The lowest BCUT2D eigenvalue weighted by atomic mass is 10.1. The van der Waals surface area contributed by atoms with E-state index in [1.165, 1.54) is 0 Å². The van der Waals surface area contributed by atoms with Gasteiger partial charge in [-0.3, -0.25) is 4.98 Å². The van der Waals surface area contributed by atoms with Crippen molar-refractivity contribution >= 4 is 16.9 Å². The lowest BCUT2D eigenvalue weighted by Crippen LogP contribution is -2.10. The summed E-state index contributed by atoms with van der Waals surface area (Å²) in [7, 11) is 0. The number of fused-ring (bicyclic) bond motifs is 1. The zero-order valence-corrected chi connectivity index (χ0v) is 11.6. The lowest BCUT2D eigenvalue weighted by Gasteiger charge is -2.10. The van der Waals surface area contributed by atoms with E-state index in [9.17, 15) is 4.79 Å². The topological polar surface area (TPSA) is 78.1 Å². The zero-order chi connectivity index (χ0) is 14.8. The molecule has 1 unspecified atom stereocenters. The van der Waals surface area contributed by atoms with E-state index in [4.69, 9.17) is 9.26 Å². The second-order valence-corrected chi connectivity index (χ2v) is 4.60. The first-order valence-electron chi connectivity index (χ1n) is 6.50. The van der Waals surface area contributed by atoms with E-state index in [2.05, 4.69) is 15.1 Å². The smallest absolute Gasteiger partial charge is 0.339 e. The summed E-state index contributed by atoms with van der Waals surface area (Å²) in [5.41, 5.74) is 1.21. The Bertz CT molecular complexity index is 792. The predicted octanol–water partition coefficient (Wildman–Crippen LogP) is 2.84. The van der Waals surface area contributed by atoms with Gasteiger partial charge in [-0.25, -0.2) is 4.79 Å². The van der Waals surface area contributed by atoms with Gasteiger partial charge in [0, 0.05) is 11.6 Å². The van der Waals surface area contributed by atoms with Crippen LogP contribution in [-0.2, 0) is 4.74 Å². The second kappa shape index (κ2) is 5.32. The summed E-state index contributed by atoms with van der Waals surface area (Å²) >= 11 is 0. The largest absolute Gasteiger partial charge is 0.449 e. The number of rotatable bonds is 3. The Morgan fingerprint density at radius 1 is 1.29 bits per heavy atom. The number of esters is 1. The van der Waals surface area contributed by atoms with Crippen LogP contribution in [0.4, 0.5) is 0 Å². The molecule has 0 aliphatic rings. The van der Waals surface area contributed by atoms with E-state index < -0.39 is 12.1 Å². The van der Waals surface area contributed by atoms with Gasteiger partial charge in [0.15, 0.2) is 11.9 Å². The van der Waals surface area contributed by atoms with Crippen molar-refractivity contribution in [1.82, 2.24) is 15.1 Å². The molecule has 0 N–H and O–H groups in total. The minimum Gasteiger partial charge on any atom is -0.449 e. The number of carbonyl (C=O) groups excluding carboxylic acids is 1. The van der Waals surface area contributed by atoms with Gasteiger partial charge in [0.2, 0.25) is 0 Å². The monoisotopic (exact) mass is 283 g/mol. The maximum absolute atomic E-state index is 12.3. The molecule has 1 atom stereocenters. The van der Waals surface area contributed by atoms with Crippen molar-refractivity contribution < 1.29 is 14.1 Å². The molecule has 0 amide bonds. The van der Waals surface area contributed by atoms with E-state index in [0.29, 0.717) is 11.4 Å². The standard InChI is InChI=1S/C15H13N3O3/c1-9(14-17-10(2)18-21-14)20-15(19)12-5-3-7-13-11(12)6-4-8-16-13/h3-9H,1-2H3. The summed E-state index contributed by atoms with van der Waals surface area (Å²) in [5.74, 6) is 0.332. The molecule has 2 heterocycles. The number of pyridine rings is 1. The van der Waals surface area contributed by atoms with Gasteiger partial charge in [-0.1, -0.05) is 17.3 Å². The maximum atomic E-state index is 12.3. The Morgan fingerprint density at radius 3 is 2.90 bits per heavy atom. The van der Waals surface area contributed by atoms with Gasteiger partial charge in [-0.05, 0) is 32.0 Å². The number of aryl methyl sites for hydroxylation is 1. The zero-order valence-electron chi connectivity index (χ0n) is 11.6. The number of hydrogen-bond donors (Lipinski definition) is 0. The van der Waals surface area contributed by atoms with Crippen molar-refractivity contribution in [3.05, 3.63) is 53.8 Å². The summed E-state index contributed by atoms with van der Waals surface area (Å²) in [5, 5.41) is 4.43. The van der Waals surface area contributed by atoms with E-state index >= 15 is 0 Å². The number of aromatic nitrogens is 3. The molecule has 0 bridgehead atoms. The maximum Gasteiger partial charge on any atom is 0.339 e. The third-order valence-corrected chi connectivity index (χ3v) is 3.04. The summed E-state index contributed by atoms with van der Waals surface area (Å²) in [6.45, 7) is 3.39. The normalized spacial score (nSPS) is 12.3. The van der Waals surface area contributed by atoms with Gasteiger partial charge in [-0.2, -0.15) is 4.98 Å². The van der Waals surface area contributed by atoms with Crippen LogP contribution in [0.1, 0.15) is 35.1 Å². The van der Waals surface area contributed by atoms with Crippen molar-refractivity contribution in [2.75, 3.05) is 0 Å². The number of carbonyl (C=O) groups is 1. The van der Waals surface area contributed by atoms with Crippen molar-refractivity contribution in [1.29, 1.82) is 0 Å². The van der Waals surface area contributed by atoms with Gasteiger partial charge >= 0.3 is 5.97 Å². The molecule has 0 aliphatic carbocycles. The Labute approximate surface area is 120 Å². The fourth-order valence-electron chi connectivity index (χ4n) is 2.03. The fraction of sp³-hybridized carbons (Fsp3) is 0.200. The van der Waals surface area contributed by atoms with Crippen LogP contribution in [-0.4, -0.2) is 21.1 Å². The average Bonchev–Trinajstić information content (AvgIpc) is 2.93. The van der Waals surface area contributed by atoms with Gasteiger partial charge in [0.05, 0.1) is 11.1 Å². The number of ether oxygens (including phenoxy) is 1. The number of nitrogens with zero attached hydrogens (tertiary/aromatic N) is 3. The molecule has 1 aromatic carbocycles. The lowest BCUT2D eigenvalue weighted by molar-refractivity contribution is 0.0268. The molecule has 0 saturated carbocycles. The van der Waals surface area contributed by atoms with Crippen molar-refractivity contribution in [3.8, 4) is 0 Å². The molecule has 2 aromatic heterocycles. The molecule has 3 aromatic rings. The van der Waals surface area contributed by atoms with Crippen LogP contribution in [0.2, 0.25) is 0 Å². The van der Waals surface area contributed by atoms with Crippen molar-refractivity contribution in [2.45, 2.75) is 20.0 Å². The Hall–Kier alpha value is -2.76. The number of benzene rings is 1. The van der Waals surface area contributed by atoms with Crippen molar-refractivity contribution in [2.24, 2.45) is 0 Å². The first kappa shape index (κ1) is 13.2. The van der Waals surface area contributed by atoms with Gasteiger partial charge < -0.3 is 9.26 Å². The summed E-state index contributed by atoms with van der Waals surface area (Å²) in [4.78, 5) is 20.6. The molecule has 21 heavy (non-hydrogen) atoms. The first-order valence-corrected chi connectivity index (χ1v) is 6.50.